The Bertz CT molecular complexity index is 823. The molecule has 6 nitrogen and oxygen atoms in total. The predicted molar refractivity (Wildman–Crippen MR) is 98.9 cm³/mol. The number of esters is 1. The average Bonchev–Trinajstić information content (AvgIpc) is 3.06. The van der Waals surface area contributed by atoms with Crippen molar-refractivity contribution in [2.24, 2.45) is 11.3 Å². The van der Waals surface area contributed by atoms with Crippen LogP contribution in [0.4, 0.5) is 8.78 Å². The molecule has 2 atom stereocenters. The zero-order valence-corrected chi connectivity index (χ0v) is 16.4. The summed E-state index contributed by atoms with van der Waals surface area (Å²) in [6.07, 6.45) is 1.16. The summed E-state index contributed by atoms with van der Waals surface area (Å²) in [7, 11) is 0. The Labute approximate surface area is 162 Å². The predicted octanol–water partition coefficient (Wildman–Crippen LogP) is 2.37. The number of hydrogen-bond donors (Lipinski definition) is 2. The molecule has 1 aromatic rings. The molecule has 2 heterocycles. The van der Waals surface area contributed by atoms with Crippen LogP contribution in [0.5, 0.6) is 0 Å². The van der Waals surface area contributed by atoms with Crippen LogP contribution in [0.1, 0.15) is 38.1 Å². The number of halogens is 2. The fraction of sp³-hybridized carbons (Fsp3) is 0.500. The Morgan fingerprint density at radius 1 is 1.25 bits per heavy atom. The minimum atomic E-state index is -1.09. The van der Waals surface area contributed by atoms with Gasteiger partial charge in [0.1, 0.15) is 0 Å². The fourth-order valence-corrected chi connectivity index (χ4v) is 3.76. The van der Waals surface area contributed by atoms with Crippen LogP contribution >= 0.6 is 0 Å². The van der Waals surface area contributed by atoms with Gasteiger partial charge in [0, 0.05) is 30.8 Å². The van der Waals surface area contributed by atoms with Crippen molar-refractivity contribution in [2.45, 2.75) is 39.8 Å². The number of hydrogen-bond acceptors (Lipinski definition) is 5. The molecule has 2 unspecified atom stereocenters. The van der Waals surface area contributed by atoms with Gasteiger partial charge in [-0.25, -0.2) is 19.0 Å². The van der Waals surface area contributed by atoms with Gasteiger partial charge in [0.05, 0.1) is 17.7 Å². The summed E-state index contributed by atoms with van der Waals surface area (Å²) in [5, 5.41) is 0. The van der Waals surface area contributed by atoms with Gasteiger partial charge in [-0.3, -0.25) is 10.2 Å². The highest BCUT2D eigenvalue weighted by atomic mass is 19.2. The van der Waals surface area contributed by atoms with E-state index in [0.29, 0.717) is 18.7 Å². The van der Waals surface area contributed by atoms with Gasteiger partial charge in [-0.1, -0.05) is 13.8 Å². The van der Waals surface area contributed by atoms with E-state index in [-0.39, 0.29) is 29.0 Å². The van der Waals surface area contributed by atoms with E-state index in [4.69, 9.17) is 4.74 Å². The van der Waals surface area contributed by atoms with Crippen molar-refractivity contribution in [1.29, 1.82) is 0 Å². The molecule has 0 aliphatic carbocycles. The molecular formula is C20H25F2N3O3. The maximum Gasteiger partial charge on any atom is 0.337 e. The van der Waals surface area contributed by atoms with E-state index in [0.717, 1.165) is 12.1 Å². The molecule has 0 spiro atoms. The van der Waals surface area contributed by atoms with E-state index in [1.54, 1.807) is 13.8 Å². The van der Waals surface area contributed by atoms with E-state index in [2.05, 4.69) is 10.9 Å². The van der Waals surface area contributed by atoms with Gasteiger partial charge < -0.3 is 9.64 Å². The number of amides is 1. The maximum atomic E-state index is 13.6. The van der Waals surface area contributed by atoms with Gasteiger partial charge in [-0.15, -0.1) is 0 Å². The van der Waals surface area contributed by atoms with Crippen molar-refractivity contribution >= 4 is 11.9 Å². The highest BCUT2D eigenvalue weighted by molar-refractivity contribution is 5.97. The number of nitrogens with one attached hydrogen (secondary N) is 2. The first-order valence-corrected chi connectivity index (χ1v) is 9.27. The number of benzene rings is 1. The zero-order chi connectivity index (χ0) is 20.6. The van der Waals surface area contributed by atoms with Gasteiger partial charge in [0.2, 0.25) is 0 Å². The summed E-state index contributed by atoms with van der Waals surface area (Å²) in [6, 6.07) is 2.70. The van der Waals surface area contributed by atoms with Gasteiger partial charge in [-0.05, 0) is 37.5 Å². The minimum absolute atomic E-state index is 0.0145. The van der Waals surface area contributed by atoms with E-state index in [1.807, 2.05) is 13.8 Å². The lowest BCUT2D eigenvalue weighted by Gasteiger charge is -2.34. The fourth-order valence-electron chi connectivity index (χ4n) is 3.76. The number of fused-ring (bicyclic) bond motifs is 1. The molecule has 1 saturated heterocycles. The third kappa shape index (κ3) is 3.93. The lowest BCUT2D eigenvalue weighted by molar-refractivity contribution is -0.143. The van der Waals surface area contributed by atoms with E-state index in [1.165, 1.54) is 17.2 Å². The van der Waals surface area contributed by atoms with E-state index >= 15 is 0 Å². The summed E-state index contributed by atoms with van der Waals surface area (Å²) in [4.78, 5) is 27.1. The highest BCUT2D eigenvalue weighted by Crippen LogP contribution is 2.38. The Morgan fingerprint density at radius 2 is 1.96 bits per heavy atom. The van der Waals surface area contributed by atoms with Gasteiger partial charge >= 0.3 is 5.97 Å². The molecule has 2 N–H and O–H groups in total. The second-order valence-corrected chi connectivity index (χ2v) is 8.20. The molecule has 1 amide bonds. The van der Waals surface area contributed by atoms with Gasteiger partial charge in [0.15, 0.2) is 11.6 Å². The van der Waals surface area contributed by atoms with E-state index < -0.39 is 23.5 Å². The number of rotatable bonds is 3. The molecule has 0 saturated carbocycles. The maximum absolute atomic E-state index is 13.6. The molecule has 0 aromatic heterocycles. The SMILES string of the molecule is CC(C)OC(=O)C1=CN(C(=O)c2ccc(F)c(F)c2)CC(C)(C)C2CNNC12. The second kappa shape index (κ2) is 7.60. The largest absolute Gasteiger partial charge is 0.460 e. The Balaban J connectivity index is 2.01. The molecule has 1 fully saturated rings. The molecule has 8 heteroatoms. The molecule has 0 radical (unpaired) electrons. The van der Waals surface area contributed by atoms with Crippen LogP contribution in [-0.2, 0) is 9.53 Å². The van der Waals surface area contributed by atoms with Crippen LogP contribution in [-0.4, -0.2) is 42.0 Å². The molecule has 28 heavy (non-hydrogen) atoms. The van der Waals surface area contributed by atoms with Gasteiger partial charge in [-0.2, -0.15) is 0 Å². The quantitative estimate of drug-likeness (QED) is 0.772. The molecule has 0 bridgehead atoms. The first-order valence-electron chi connectivity index (χ1n) is 9.27. The number of carbonyl (C=O) groups is 2. The summed E-state index contributed by atoms with van der Waals surface area (Å²) >= 11 is 0. The third-order valence-electron chi connectivity index (χ3n) is 5.20. The Hall–Kier alpha value is -2.32. The second-order valence-electron chi connectivity index (χ2n) is 8.20. The van der Waals surface area contributed by atoms with Crippen LogP contribution in [0.15, 0.2) is 30.0 Å². The number of carbonyl (C=O) groups excluding carboxylic acids is 2. The average molecular weight is 393 g/mol. The number of ether oxygens (including phenoxy) is 1. The molecule has 152 valence electrons. The van der Waals surface area contributed by atoms with Crippen molar-refractivity contribution in [1.82, 2.24) is 15.8 Å². The number of nitrogens with zero attached hydrogens (tertiary/aromatic N) is 1. The lowest BCUT2D eigenvalue weighted by Crippen LogP contribution is -2.42. The molecule has 2 aliphatic rings. The van der Waals surface area contributed by atoms with E-state index in [9.17, 15) is 18.4 Å². The van der Waals surface area contributed by atoms with Crippen LogP contribution < -0.4 is 10.9 Å². The smallest absolute Gasteiger partial charge is 0.337 e. The zero-order valence-electron chi connectivity index (χ0n) is 16.4. The topological polar surface area (TPSA) is 70.7 Å². The highest BCUT2D eigenvalue weighted by Gasteiger charge is 2.46. The van der Waals surface area contributed by atoms with Crippen LogP contribution in [0.25, 0.3) is 0 Å². The van der Waals surface area contributed by atoms with Crippen molar-refractivity contribution in [3.05, 3.63) is 47.2 Å². The summed E-state index contributed by atoms with van der Waals surface area (Å²) in [6.45, 7) is 8.46. The molecule has 2 aliphatic heterocycles. The van der Waals surface area contributed by atoms with Crippen LogP contribution in [0.2, 0.25) is 0 Å². The Kier molecular flexibility index (Phi) is 5.54. The molecule has 3 rings (SSSR count). The van der Waals surface area contributed by atoms with Crippen LogP contribution in [0.3, 0.4) is 0 Å². The van der Waals surface area contributed by atoms with Gasteiger partial charge in [0.25, 0.3) is 5.91 Å². The van der Waals surface area contributed by atoms with Crippen molar-refractivity contribution in [2.75, 3.05) is 13.1 Å². The number of hydrazine groups is 1. The summed E-state index contributed by atoms with van der Waals surface area (Å²) in [5.74, 6) is -3.10. The Morgan fingerprint density at radius 3 is 2.61 bits per heavy atom. The first-order chi connectivity index (χ1) is 13.1. The van der Waals surface area contributed by atoms with Crippen molar-refractivity contribution < 1.29 is 23.1 Å². The minimum Gasteiger partial charge on any atom is -0.460 e. The molecular weight excluding hydrogens is 368 g/mol. The van der Waals surface area contributed by atoms with Crippen molar-refractivity contribution in [3.63, 3.8) is 0 Å². The first kappa shape index (κ1) is 20.4. The standard InChI is InChI=1S/C20H25F2N3O3/c1-11(2)28-19(27)13-9-25(10-20(3,4)14-8-23-24-17(13)14)18(26)12-5-6-15(21)16(22)7-12/h5-7,9,11,14,17,23-24H,8,10H2,1-4H3. The summed E-state index contributed by atoms with van der Waals surface area (Å²) < 4.78 is 32.2. The normalized spacial score (nSPS) is 23.8. The van der Waals surface area contributed by atoms with Crippen molar-refractivity contribution in [3.8, 4) is 0 Å². The molecule has 1 aromatic carbocycles. The lowest BCUT2D eigenvalue weighted by atomic mass is 9.74. The monoisotopic (exact) mass is 393 g/mol. The summed E-state index contributed by atoms with van der Waals surface area (Å²) in [5.41, 5.74) is 6.17. The van der Waals surface area contributed by atoms with Crippen LogP contribution in [0, 0.1) is 23.0 Å². The third-order valence-corrected chi connectivity index (χ3v) is 5.20.